The van der Waals surface area contributed by atoms with E-state index in [0.29, 0.717) is 5.69 Å². The van der Waals surface area contributed by atoms with Crippen molar-refractivity contribution in [1.82, 2.24) is 5.32 Å². The van der Waals surface area contributed by atoms with Crippen LogP contribution in [-0.2, 0) is 4.79 Å². The number of hydrogen-bond acceptors (Lipinski definition) is 5. The van der Waals surface area contributed by atoms with Crippen molar-refractivity contribution in [1.29, 1.82) is 0 Å². The van der Waals surface area contributed by atoms with Crippen molar-refractivity contribution in [2.45, 2.75) is 6.04 Å². The zero-order valence-electron chi connectivity index (χ0n) is 14.1. The Bertz CT molecular complexity index is 933. The summed E-state index contributed by atoms with van der Waals surface area (Å²) in [4.78, 5) is 23.9. The lowest BCUT2D eigenvalue weighted by atomic mass is 10.1. The van der Waals surface area contributed by atoms with E-state index in [1.165, 1.54) is 12.1 Å². The SMILES string of the molecule is O=C(CNc1ccc(Cl)c([N+](=O)[O-])c1)N[C@@H](c1ccccc1)c1cccs1. The Hall–Kier alpha value is -2.90. The first-order valence-electron chi connectivity index (χ1n) is 8.10. The van der Waals surface area contributed by atoms with E-state index in [1.807, 2.05) is 47.8 Å². The number of amides is 1. The maximum Gasteiger partial charge on any atom is 0.289 e. The Morgan fingerprint density at radius 3 is 2.59 bits per heavy atom. The molecule has 0 saturated carbocycles. The first-order valence-corrected chi connectivity index (χ1v) is 9.36. The molecular formula is C19H16ClN3O3S. The topological polar surface area (TPSA) is 84.3 Å². The van der Waals surface area contributed by atoms with Gasteiger partial charge in [0, 0.05) is 16.6 Å². The molecule has 0 bridgehead atoms. The van der Waals surface area contributed by atoms with Gasteiger partial charge in [-0.1, -0.05) is 48.0 Å². The summed E-state index contributed by atoms with van der Waals surface area (Å²) in [6, 6.07) is 17.7. The van der Waals surface area contributed by atoms with E-state index in [0.717, 1.165) is 10.4 Å². The molecule has 0 aliphatic carbocycles. The van der Waals surface area contributed by atoms with E-state index < -0.39 is 4.92 Å². The Labute approximate surface area is 164 Å². The summed E-state index contributed by atoms with van der Waals surface area (Å²) < 4.78 is 0. The molecule has 27 heavy (non-hydrogen) atoms. The van der Waals surface area contributed by atoms with E-state index in [1.54, 1.807) is 17.4 Å². The molecule has 2 N–H and O–H groups in total. The van der Waals surface area contributed by atoms with Crippen molar-refractivity contribution in [3.63, 3.8) is 0 Å². The minimum absolute atomic E-state index is 0.0203. The maximum atomic E-state index is 12.5. The lowest BCUT2D eigenvalue weighted by molar-refractivity contribution is -0.384. The van der Waals surface area contributed by atoms with Crippen molar-refractivity contribution >= 4 is 40.2 Å². The van der Waals surface area contributed by atoms with Gasteiger partial charge in [-0.25, -0.2) is 0 Å². The van der Waals surface area contributed by atoms with Gasteiger partial charge in [0.05, 0.1) is 17.5 Å². The lowest BCUT2D eigenvalue weighted by Gasteiger charge is -2.18. The van der Waals surface area contributed by atoms with Crippen LogP contribution in [0.1, 0.15) is 16.5 Å². The van der Waals surface area contributed by atoms with E-state index in [4.69, 9.17) is 11.6 Å². The third-order valence-corrected chi connectivity index (χ3v) is 5.12. The summed E-state index contributed by atoms with van der Waals surface area (Å²) in [6.45, 7) is -0.0203. The second-order valence-corrected chi connectivity index (χ2v) is 7.09. The van der Waals surface area contributed by atoms with E-state index >= 15 is 0 Å². The van der Waals surface area contributed by atoms with Crippen LogP contribution in [-0.4, -0.2) is 17.4 Å². The second-order valence-electron chi connectivity index (χ2n) is 5.70. The number of rotatable bonds is 7. The summed E-state index contributed by atoms with van der Waals surface area (Å²) in [5.74, 6) is -0.227. The summed E-state index contributed by atoms with van der Waals surface area (Å²) in [5, 5.41) is 18.9. The number of anilines is 1. The average molecular weight is 402 g/mol. The smallest absolute Gasteiger partial charge is 0.289 e. The number of thiophene rings is 1. The van der Waals surface area contributed by atoms with Crippen LogP contribution >= 0.6 is 22.9 Å². The van der Waals surface area contributed by atoms with Gasteiger partial charge in [0.25, 0.3) is 5.69 Å². The molecule has 0 aliphatic rings. The summed E-state index contributed by atoms with van der Waals surface area (Å²) in [6.07, 6.45) is 0. The van der Waals surface area contributed by atoms with Crippen LogP contribution in [0.25, 0.3) is 0 Å². The fraction of sp³-hybridized carbons (Fsp3) is 0.105. The summed E-state index contributed by atoms with van der Waals surface area (Å²) >= 11 is 7.36. The number of nitro benzene ring substituents is 1. The molecule has 3 aromatic rings. The molecule has 6 nitrogen and oxygen atoms in total. The number of nitro groups is 1. The van der Waals surface area contributed by atoms with E-state index in [2.05, 4.69) is 10.6 Å². The largest absolute Gasteiger partial charge is 0.376 e. The molecular weight excluding hydrogens is 386 g/mol. The van der Waals surface area contributed by atoms with Gasteiger partial charge >= 0.3 is 0 Å². The molecule has 0 fully saturated rings. The third kappa shape index (κ3) is 4.84. The second kappa shape index (κ2) is 8.66. The summed E-state index contributed by atoms with van der Waals surface area (Å²) in [5.41, 5.74) is 1.23. The monoisotopic (exact) mass is 401 g/mol. The van der Waals surface area contributed by atoms with Gasteiger partial charge in [0.15, 0.2) is 0 Å². The highest BCUT2D eigenvalue weighted by molar-refractivity contribution is 7.10. The fourth-order valence-corrected chi connectivity index (χ4v) is 3.57. The first-order chi connectivity index (χ1) is 13.0. The van der Waals surface area contributed by atoms with Crippen molar-refractivity contribution in [2.24, 2.45) is 0 Å². The lowest BCUT2D eigenvalue weighted by Crippen LogP contribution is -2.33. The molecule has 1 atom stereocenters. The number of nitrogens with one attached hydrogen (secondary N) is 2. The molecule has 0 spiro atoms. The van der Waals surface area contributed by atoms with Crippen molar-refractivity contribution in [3.05, 3.63) is 91.6 Å². The predicted octanol–water partition coefficient (Wildman–Crippen LogP) is 4.63. The molecule has 2 aromatic carbocycles. The molecule has 1 aromatic heterocycles. The molecule has 138 valence electrons. The Morgan fingerprint density at radius 1 is 1.15 bits per heavy atom. The summed E-state index contributed by atoms with van der Waals surface area (Å²) in [7, 11) is 0. The fourth-order valence-electron chi connectivity index (χ4n) is 2.58. The molecule has 3 rings (SSSR count). The van der Waals surface area contributed by atoms with Crippen molar-refractivity contribution in [2.75, 3.05) is 11.9 Å². The minimum atomic E-state index is -0.560. The standard InChI is InChI=1S/C19H16ClN3O3S/c20-15-9-8-14(11-16(15)23(25)26)21-12-18(24)22-19(17-7-4-10-27-17)13-5-2-1-3-6-13/h1-11,19,21H,12H2,(H,22,24)/t19-/m0/s1. The van der Waals surface area contributed by atoms with E-state index in [9.17, 15) is 14.9 Å². The molecule has 0 unspecified atom stereocenters. The number of carbonyl (C=O) groups excluding carboxylic acids is 1. The number of benzene rings is 2. The molecule has 1 heterocycles. The van der Waals surface area contributed by atoms with Gasteiger partial charge in [-0.3, -0.25) is 14.9 Å². The minimum Gasteiger partial charge on any atom is -0.376 e. The zero-order chi connectivity index (χ0) is 19.2. The van der Waals surface area contributed by atoms with Crippen LogP contribution in [0.5, 0.6) is 0 Å². The van der Waals surface area contributed by atoms with Crippen molar-refractivity contribution in [3.8, 4) is 0 Å². The molecule has 0 saturated heterocycles. The van der Waals surface area contributed by atoms with Gasteiger partial charge in [-0.05, 0) is 29.1 Å². The van der Waals surface area contributed by atoms with Crippen LogP contribution in [0.2, 0.25) is 5.02 Å². The zero-order valence-corrected chi connectivity index (χ0v) is 15.7. The molecule has 1 amide bonds. The van der Waals surface area contributed by atoms with Crippen LogP contribution in [0, 0.1) is 10.1 Å². The van der Waals surface area contributed by atoms with Gasteiger partial charge in [-0.2, -0.15) is 0 Å². The number of carbonyl (C=O) groups is 1. The first kappa shape index (κ1) is 18.9. The number of hydrogen-bond donors (Lipinski definition) is 2. The number of halogens is 1. The van der Waals surface area contributed by atoms with Gasteiger partial charge in [-0.15, -0.1) is 11.3 Å². The highest BCUT2D eigenvalue weighted by Gasteiger charge is 2.18. The average Bonchev–Trinajstić information content (AvgIpc) is 3.20. The third-order valence-electron chi connectivity index (χ3n) is 3.86. The van der Waals surface area contributed by atoms with Crippen LogP contribution in [0.15, 0.2) is 66.0 Å². The van der Waals surface area contributed by atoms with Crippen LogP contribution in [0.3, 0.4) is 0 Å². The van der Waals surface area contributed by atoms with Crippen LogP contribution < -0.4 is 10.6 Å². The van der Waals surface area contributed by atoms with Gasteiger partial charge < -0.3 is 10.6 Å². The number of nitrogens with zero attached hydrogens (tertiary/aromatic N) is 1. The Balaban J connectivity index is 1.69. The highest BCUT2D eigenvalue weighted by Crippen LogP contribution is 2.28. The van der Waals surface area contributed by atoms with Crippen molar-refractivity contribution < 1.29 is 9.72 Å². The Morgan fingerprint density at radius 2 is 1.93 bits per heavy atom. The maximum absolute atomic E-state index is 12.5. The molecule has 8 heteroatoms. The molecule has 0 aliphatic heterocycles. The van der Waals surface area contributed by atoms with Gasteiger partial charge in [0.1, 0.15) is 5.02 Å². The predicted molar refractivity (Wildman–Crippen MR) is 107 cm³/mol. The van der Waals surface area contributed by atoms with Gasteiger partial charge in [0.2, 0.25) is 5.91 Å². The Kier molecular flexibility index (Phi) is 6.05. The molecule has 0 radical (unpaired) electrons. The highest BCUT2D eigenvalue weighted by atomic mass is 35.5. The van der Waals surface area contributed by atoms with E-state index in [-0.39, 0.29) is 29.2 Å². The normalized spacial score (nSPS) is 11.6. The van der Waals surface area contributed by atoms with Crippen LogP contribution in [0.4, 0.5) is 11.4 Å². The quantitative estimate of drug-likeness (QED) is 0.446.